The third-order valence-electron chi connectivity index (χ3n) is 5.81. The number of aliphatic hydroxyl groups is 1. The number of benzene rings is 2. The highest BCUT2D eigenvalue weighted by Gasteiger charge is 2.20. The lowest BCUT2D eigenvalue weighted by Gasteiger charge is -2.26. The van der Waals surface area contributed by atoms with Crippen LogP contribution >= 0.6 is 42.3 Å². The molecule has 0 bridgehead atoms. The molecule has 0 atom stereocenters. The summed E-state index contributed by atoms with van der Waals surface area (Å²) in [5.74, 6) is 2.88. The zero-order valence-corrected chi connectivity index (χ0v) is 24.9. The van der Waals surface area contributed by atoms with Gasteiger partial charge in [0.1, 0.15) is 28.4 Å². The number of rotatable bonds is 11. The number of aryl methyl sites for hydroxylation is 1. The Labute approximate surface area is 237 Å². The Morgan fingerprint density at radius 1 is 1.11 bits per heavy atom. The van der Waals surface area contributed by atoms with Crippen LogP contribution in [0.25, 0.3) is 22.0 Å². The normalized spacial score (nSPS) is 11.6. The molecule has 0 aliphatic heterocycles. The number of hydrogen-bond acceptors (Lipinski definition) is 7. The predicted molar refractivity (Wildman–Crippen MR) is 164 cm³/mol. The number of halogens is 1. The Balaban J connectivity index is 1.80. The van der Waals surface area contributed by atoms with Gasteiger partial charge >= 0.3 is 0 Å². The van der Waals surface area contributed by atoms with Crippen molar-refractivity contribution in [1.29, 1.82) is 0 Å². The number of fused-ring (bicyclic) bond motifs is 1. The van der Waals surface area contributed by atoms with Crippen LogP contribution in [-0.4, -0.2) is 31.6 Å². The van der Waals surface area contributed by atoms with Crippen LogP contribution in [0.4, 0.5) is 5.69 Å². The maximum Gasteiger partial charge on any atom is 0.275 e. The Morgan fingerprint density at radius 3 is 2.62 bits per heavy atom. The molecule has 2 heterocycles. The number of pyridine rings is 1. The van der Waals surface area contributed by atoms with Gasteiger partial charge in [0, 0.05) is 96.8 Å². The fraction of sp³-hybridized carbons (Fsp3) is 0.296. The maximum absolute atomic E-state index is 13.0. The van der Waals surface area contributed by atoms with E-state index in [1.807, 2.05) is 72.7 Å². The summed E-state index contributed by atoms with van der Waals surface area (Å²) in [5, 5.41) is 10.2. The van der Waals surface area contributed by atoms with Gasteiger partial charge in [-0.1, -0.05) is 24.9 Å². The first kappa shape index (κ1) is 27.7. The molecule has 0 amide bonds. The molecule has 10 heteroatoms. The van der Waals surface area contributed by atoms with E-state index in [-0.39, 0.29) is 12.2 Å². The van der Waals surface area contributed by atoms with Crippen molar-refractivity contribution in [2.24, 2.45) is 7.05 Å². The van der Waals surface area contributed by atoms with E-state index >= 15 is 0 Å². The van der Waals surface area contributed by atoms with E-state index in [4.69, 9.17) is 9.47 Å². The van der Waals surface area contributed by atoms with Crippen LogP contribution in [0.5, 0.6) is 17.2 Å². The number of aromatic nitrogens is 2. The van der Waals surface area contributed by atoms with Crippen LogP contribution in [0.2, 0.25) is 0 Å². The van der Waals surface area contributed by atoms with Crippen molar-refractivity contribution < 1.29 is 14.6 Å². The number of hydrogen-bond donors (Lipinski definition) is 2. The highest BCUT2D eigenvalue weighted by molar-refractivity contribution is 14.2. The summed E-state index contributed by atoms with van der Waals surface area (Å²) < 4.78 is 19.4. The van der Waals surface area contributed by atoms with Crippen LogP contribution < -0.4 is 19.8 Å². The molecule has 0 aliphatic carbocycles. The monoisotopic (exact) mass is 651 g/mol. The van der Waals surface area contributed by atoms with E-state index in [1.165, 1.54) is 9.12 Å². The summed E-state index contributed by atoms with van der Waals surface area (Å²) in [4.78, 5) is 13.0. The molecule has 0 radical (unpaired) electrons. The maximum atomic E-state index is 13.0. The number of nitrogens with zero attached hydrogens (tertiary/aromatic N) is 2. The molecule has 0 fully saturated rings. The predicted octanol–water partition coefficient (Wildman–Crippen LogP) is 7.27. The molecule has 37 heavy (non-hydrogen) atoms. The lowest BCUT2D eigenvalue weighted by Crippen LogP contribution is -2.29. The van der Waals surface area contributed by atoms with Crippen LogP contribution in [0.15, 0.2) is 65.7 Å². The molecule has 2 aromatic heterocycles. The highest BCUT2D eigenvalue weighted by atomic mass is 127. The first-order chi connectivity index (χ1) is 17.8. The Morgan fingerprint density at radius 2 is 1.89 bits per heavy atom. The van der Waals surface area contributed by atoms with Gasteiger partial charge in [0.15, 0.2) is 0 Å². The minimum atomic E-state index is -0.507. The molecule has 4 aromatic rings. The topological polar surface area (TPSA) is 77.7 Å². The standard InChI is InChI=1S/C27H30IN3O4S2/c1-5-36-29-18-9-10-24(34-19-7-6-8-20(16-19)35-27(2,3)12-14-32)22(15-18)23-17-30(4)26(33)25-21(23)11-13-31(25)37-28/h6-11,13,15-17,29,32H,5,12,14H2,1-4H3. The number of aliphatic hydroxyl groups excluding tert-OH is 1. The van der Waals surface area contributed by atoms with Crippen molar-refractivity contribution in [1.82, 2.24) is 8.54 Å². The molecular formula is C27H30IN3O4S2. The second kappa shape index (κ2) is 12.1. The van der Waals surface area contributed by atoms with Crippen LogP contribution in [-0.2, 0) is 7.05 Å². The molecule has 4 rings (SSSR count). The van der Waals surface area contributed by atoms with Crippen molar-refractivity contribution >= 4 is 58.9 Å². The second-order valence-electron chi connectivity index (χ2n) is 9.09. The van der Waals surface area contributed by atoms with E-state index in [9.17, 15) is 9.90 Å². The number of nitrogens with one attached hydrogen (secondary N) is 1. The smallest absolute Gasteiger partial charge is 0.275 e. The summed E-state index contributed by atoms with van der Waals surface area (Å²) in [6, 6.07) is 15.4. The van der Waals surface area contributed by atoms with E-state index < -0.39 is 5.60 Å². The van der Waals surface area contributed by atoms with Crippen molar-refractivity contribution in [3.63, 3.8) is 0 Å². The fourth-order valence-corrected chi connectivity index (χ4v) is 5.79. The van der Waals surface area contributed by atoms with Crippen LogP contribution in [0.1, 0.15) is 27.2 Å². The quantitative estimate of drug-likeness (QED) is 0.131. The van der Waals surface area contributed by atoms with Gasteiger partial charge in [-0.15, -0.1) is 0 Å². The molecule has 7 nitrogen and oxygen atoms in total. The van der Waals surface area contributed by atoms with Crippen LogP contribution in [0.3, 0.4) is 0 Å². The van der Waals surface area contributed by atoms with Crippen molar-refractivity contribution in [2.45, 2.75) is 32.8 Å². The average molecular weight is 652 g/mol. The van der Waals surface area contributed by atoms with E-state index in [0.29, 0.717) is 29.2 Å². The van der Waals surface area contributed by atoms with Crippen LogP contribution in [0, 0.1) is 0 Å². The van der Waals surface area contributed by atoms with Gasteiger partial charge in [0.25, 0.3) is 5.56 Å². The van der Waals surface area contributed by atoms with E-state index in [0.717, 1.165) is 28.0 Å². The SMILES string of the molecule is CCSNc1ccc(Oc2cccc(OC(C)(C)CCO)c2)c(-c2cn(C)c(=O)c3c2ccn3SI)c1. The molecule has 2 aromatic carbocycles. The van der Waals surface area contributed by atoms with Crippen molar-refractivity contribution in [3.8, 4) is 28.4 Å². The molecule has 2 N–H and O–H groups in total. The van der Waals surface area contributed by atoms with Gasteiger partial charge < -0.3 is 23.9 Å². The molecule has 0 saturated heterocycles. The third kappa shape index (κ3) is 6.42. The van der Waals surface area contributed by atoms with Gasteiger partial charge in [-0.2, -0.15) is 0 Å². The minimum absolute atomic E-state index is 0.0507. The molecule has 0 spiro atoms. The van der Waals surface area contributed by atoms with Crippen molar-refractivity contribution in [2.75, 3.05) is 17.1 Å². The Hall–Kier alpha value is -2.28. The summed E-state index contributed by atoms with van der Waals surface area (Å²) in [7, 11) is 3.23. The molecule has 0 unspecified atom stereocenters. The molecule has 196 valence electrons. The van der Waals surface area contributed by atoms with E-state index in [1.54, 1.807) is 23.6 Å². The van der Waals surface area contributed by atoms with Gasteiger partial charge in [-0.05, 0) is 50.2 Å². The van der Waals surface area contributed by atoms with Gasteiger partial charge in [0.05, 0.1) is 0 Å². The average Bonchev–Trinajstić information content (AvgIpc) is 3.30. The minimum Gasteiger partial charge on any atom is -0.488 e. The molecule has 0 saturated carbocycles. The first-order valence-electron chi connectivity index (χ1n) is 11.9. The number of anilines is 1. The van der Waals surface area contributed by atoms with E-state index in [2.05, 4.69) is 38.9 Å². The van der Waals surface area contributed by atoms with Gasteiger partial charge in [0.2, 0.25) is 0 Å². The zero-order valence-electron chi connectivity index (χ0n) is 21.2. The lowest BCUT2D eigenvalue weighted by molar-refractivity contribution is 0.0763. The highest BCUT2D eigenvalue weighted by Crippen LogP contribution is 2.40. The fourth-order valence-electron chi connectivity index (χ4n) is 4.02. The summed E-state index contributed by atoms with van der Waals surface area (Å²) in [5.41, 5.74) is 2.78. The van der Waals surface area contributed by atoms with Gasteiger partial charge in [-0.25, -0.2) is 0 Å². The van der Waals surface area contributed by atoms with Crippen molar-refractivity contribution in [3.05, 3.63) is 71.3 Å². The molecule has 0 aliphatic rings. The summed E-state index contributed by atoms with van der Waals surface area (Å²) in [6.07, 6.45) is 4.30. The summed E-state index contributed by atoms with van der Waals surface area (Å²) >= 11 is 3.79. The molecular weight excluding hydrogens is 621 g/mol. The first-order valence-corrected chi connectivity index (χ1v) is 16.2. The summed E-state index contributed by atoms with van der Waals surface area (Å²) in [6.45, 7) is 6.03. The third-order valence-corrected chi connectivity index (χ3v) is 8.20. The second-order valence-corrected chi connectivity index (χ2v) is 11.9. The number of ether oxygens (including phenoxy) is 2. The zero-order chi connectivity index (χ0) is 26.6. The Kier molecular flexibility index (Phi) is 9.04. The Bertz CT molecular complexity index is 1450. The van der Waals surface area contributed by atoms with Gasteiger partial charge in [-0.3, -0.25) is 8.77 Å². The lowest BCUT2D eigenvalue weighted by atomic mass is 10.0. The largest absolute Gasteiger partial charge is 0.488 e.